The van der Waals surface area contributed by atoms with Gasteiger partial charge in [-0.1, -0.05) is 79.4 Å². The average molecular weight is 412 g/mol. The summed E-state index contributed by atoms with van der Waals surface area (Å²) in [6.07, 6.45) is 5.27. The molecule has 29 heavy (non-hydrogen) atoms. The molecule has 0 saturated heterocycles. The van der Waals surface area contributed by atoms with Gasteiger partial charge in [0.2, 0.25) is 15.9 Å². The summed E-state index contributed by atoms with van der Waals surface area (Å²) < 4.78 is 35.4. The first-order valence-corrected chi connectivity index (χ1v) is 11.5. The lowest BCUT2D eigenvalue weighted by Gasteiger charge is -2.30. The summed E-state index contributed by atoms with van der Waals surface area (Å²) in [5, 5.41) is 4.10. The quantitative estimate of drug-likeness (QED) is 0.622. The molecule has 7 heteroatoms. The number of sulfonamides is 1. The first-order valence-electron chi connectivity index (χ1n) is 9.99. The maximum Gasteiger partial charge on any atom is 0.242 e. The van der Waals surface area contributed by atoms with E-state index in [9.17, 15) is 8.42 Å². The Morgan fingerprint density at radius 1 is 0.931 bits per heavy atom. The topological polar surface area (TPSA) is 85.1 Å². The van der Waals surface area contributed by atoms with Gasteiger partial charge in [0.05, 0.1) is 10.4 Å². The predicted octanol–water partition coefficient (Wildman–Crippen LogP) is 4.57. The molecule has 1 aliphatic carbocycles. The minimum Gasteiger partial charge on any atom is -0.340 e. The van der Waals surface area contributed by atoms with Crippen molar-refractivity contribution in [1.82, 2.24) is 14.9 Å². The molecule has 0 radical (unpaired) electrons. The number of rotatable bonds is 5. The first kappa shape index (κ1) is 19.8. The summed E-state index contributed by atoms with van der Waals surface area (Å²) in [5.41, 5.74) is 0.684. The molecule has 0 bridgehead atoms. The number of nitrogens with zero attached hydrogens (tertiary/aromatic N) is 2. The van der Waals surface area contributed by atoms with E-state index in [1.54, 1.807) is 19.1 Å². The van der Waals surface area contributed by atoms with Crippen LogP contribution >= 0.6 is 0 Å². The predicted molar refractivity (Wildman–Crippen MR) is 111 cm³/mol. The Balaban J connectivity index is 1.77. The van der Waals surface area contributed by atoms with Gasteiger partial charge in [0.15, 0.2) is 5.82 Å². The van der Waals surface area contributed by atoms with Crippen LogP contribution in [0.3, 0.4) is 0 Å². The van der Waals surface area contributed by atoms with Crippen LogP contribution in [0.1, 0.15) is 50.2 Å². The molecular formula is C22H25N3O3S. The lowest BCUT2D eigenvalue weighted by molar-refractivity contribution is 0.301. The van der Waals surface area contributed by atoms with Crippen LogP contribution in [0, 0.1) is 6.92 Å². The van der Waals surface area contributed by atoms with E-state index in [-0.39, 0.29) is 4.90 Å². The van der Waals surface area contributed by atoms with Crippen LogP contribution in [0.4, 0.5) is 0 Å². The van der Waals surface area contributed by atoms with Crippen molar-refractivity contribution >= 4 is 10.0 Å². The Labute approximate surface area is 171 Å². The molecule has 0 atom stereocenters. The standard InChI is InChI=1S/C22H25N3O3S/c1-17-23-21(24-28-17)22(15-9-2-3-10-16-22)25-29(26,27)20-14-8-7-13-19(20)18-11-5-4-6-12-18/h4-8,11-14,25H,2-3,9-10,15-16H2,1H3. The lowest BCUT2D eigenvalue weighted by Crippen LogP contribution is -2.46. The van der Waals surface area contributed by atoms with Gasteiger partial charge >= 0.3 is 0 Å². The van der Waals surface area contributed by atoms with E-state index in [0.717, 1.165) is 31.2 Å². The maximum atomic E-state index is 13.6. The zero-order chi connectivity index (χ0) is 20.3. The maximum absolute atomic E-state index is 13.6. The number of hydrogen-bond acceptors (Lipinski definition) is 5. The third-order valence-corrected chi connectivity index (χ3v) is 7.10. The Kier molecular flexibility index (Phi) is 5.52. The van der Waals surface area contributed by atoms with Gasteiger partial charge < -0.3 is 4.52 Å². The average Bonchev–Trinajstić information content (AvgIpc) is 3.04. The van der Waals surface area contributed by atoms with Crippen LogP contribution in [-0.4, -0.2) is 18.6 Å². The zero-order valence-corrected chi connectivity index (χ0v) is 17.3. The zero-order valence-electron chi connectivity index (χ0n) is 16.5. The molecule has 6 nitrogen and oxygen atoms in total. The number of aromatic nitrogens is 2. The van der Waals surface area contributed by atoms with Gasteiger partial charge in [0.1, 0.15) is 0 Å². The van der Waals surface area contributed by atoms with Crippen LogP contribution in [0.2, 0.25) is 0 Å². The smallest absolute Gasteiger partial charge is 0.242 e. The summed E-state index contributed by atoms with van der Waals surface area (Å²) in [6.45, 7) is 1.72. The van der Waals surface area contributed by atoms with Crippen molar-refractivity contribution in [2.45, 2.75) is 55.9 Å². The second-order valence-corrected chi connectivity index (χ2v) is 9.25. The van der Waals surface area contributed by atoms with Gasteiger partial charge in [-0.25, -0.2) is 8.42 Å². The summed E-state index contributed by atoms with van der Waals surface area (Å²) in [4.78, 5) is 4.66. The summed E-state index contributed by atoms with van der Waals surface area (Å²) in [7, 11) is -3.82. The highest BCUT2D eigenvalue weighted by Gasteiger charge is 2.41. The largest absolute Gasteiger partial charge is 0.340 e. The van der Waals surface area contributed by atoms with Crippen molar-refractivity contribution < 1.29 is 12.9 Å². The summed E-state index contributed by atoms with van der Waals surface area (Å²) in [6, 6.07) is 16.6. The molecule has 4 rings (SSSR count). The van der Waals surface area contributed by atoms with Crippen LogP contribution in [-0.2, 0) is 15.6 Å². The van der Waals surface area contributed by atoms with Crippen LogP contribution in [0.15, 0.2) is 64.0 Å². The van der Waals surface area contributed by atoms with Crippen molar-refractivity contribution in [2.24, 2.45) is 0 Å². The van der Waals surface area contributed by atoms with E-state index in [2.05, 4.69) is 14.9 Å². The fourth-order valence-electron chi connectivity index (χ4n) is 4.07. The summed E-state index contributed by atoms with van der Waals surface area (Å²) >= 11 is 0. The molecule has 1 aliphatic rings. The molecule has 1 aromatic heterocycles. The first-order chi connectivity index (χ1) is 14.0. The second-order valence-electron chi connectivity index (χ2n) is 7.60. The molecule has 1 heterocycles. The number of nitrogens with one attached hydrogen (secondary N) is 1. The molecule has 0 amide bonds. The van der Waals surface area contributed by atoms with E-state index in [1.165, 1.54) is 0 Å². The SMILES string of the molecule is Cc1nc(C2(NS(=O)(=O)c3ccccc3-c3ccccc3)CCCCCC2)no1. The normalized spacial score (nSPS) is 17.0. The Morgan fingerprint density at radius 3 is 2.24 bits per heavy atom. The molecule has 1 N–H and O–H groups in total. The van der Waals surface area contributed by atoms with Gasteiger partial charge in [-0.15, -0.1) is 0 Å². The van der Waals surface area contributed by atoms with E-state index < -0.39 is 15.6 Å². The minimum atomic E-state index is -3.82. The number of hydrogen-bond donors (Lipinski definition) is 1. The monoisotopic (exact) mass is 411 g/mol. The van der Waals surface area contributed by atoms with E-state index >= 15 is 0 Å². The Hall–Kier alpha value is -2.51. The highest BCUT2D eigenvalue weighted by Crippen LogP contribution is 2.37. The molecule has 0 unspecified atom stereocenters. The minimum absolute atomic E-state index is 0.259. The van der Waals surface area contributed by atoms with Gasteiger partial charge in [0.25, 0.3) is 0 Å². The van der Waals surface area contributed by atoms with Crippen molar-refractivity contribution in [3.8, 4) is 11.1 Å². The molecular weight excluding hydrogens is 386 g/mol. The Bertz CT molecular complexity index is 1070. The van der Waals surface area contributed by atoms with E-state index in [1.807, 2.05) is 42.5 Å². The van der Waals surface area contributed by atoms with Gasteiger partial charge in [-0.3, -0.25) is 0 Å². The molecule has 2 aromatic carbocycles. The molecule has 1 fully saturated rings. The third-order valence-electron chi connectivity index (χ3n) is 5.50. The second kappa shape index (κ2) is 8.08. The van der Waals surface area contributed by atoms with Gasteiger partial charge in [-0.05, 0) is 24.5 Å². The van der Waals surface area contributed by atoms with Crippen LogP contribution in [0.5, 0.6) is 0 Å². The van der Waals surface area contributed by atoms with E-state index in [0.29, 0.717) is 30.1 Å². The van der Waals surface area contributed by atoms with Crippen LogP contribution < -0.4 is 4.72 Å². The van der Waals surface area contributed by atoms with Gasteiger partial charge in [0, 0.05) is 12.5 Å². The fourth-order valence-corrected chi connectivity index (χ4v) is 5.72. The third kappa shape index (κ3) is 4.11. The molecule has 152 valence electrons. The van der Waals surface area contributed by atoms with Crippen molar-refractivity contribution in [3.63, 3.8) is 0 Å². The van der Waals surface area contributed by atoms with E-state index in [4.69, 9.17) is 4.52 Å². The highest BCUT2D eigenvalue weighted by molar-refractivity contribution is 7.89. The molecule has 0 aliphatic heterocycles. The summed E-state index contributed by atoms with van der Waals surface area (Å²) in [5.74, 6) is 0.866. The fraction of sp³-hybridized carbons (Fsp3) is 0.364. The number of aryl methyl sites for hydroxylation is 1. The highest BCUT2D eigenvalue weighted by atomic mass is 32.2. The van der Waals surface area contributed by atoms with Crippen LogP contribution in [0.25, 0.3) is 11.1 Å². The lowest BCUT2D eigenvalue weighted by atomic mass is 9.91. The molecule has 0 spiro atoms. The van der Waals surface area contributed by atoms with Crippen molar-refractivity contribution in [2.75, 3.05) is 0 Å². The Morgan fingerprint density at radius 2 is 1.59 bits per heavy atom. The molecule has 3 aromatic rings. The van der Waals surface area contributed by atoms with Crippen molar-refractivity contribution in [1.29, 1.82) is 0 Å². The van der Waals surface area contributed by atoms with Gasteiger partial charge in [-0.2, -0.15) is 9.71 Å². The number of benzene rings is 2. The molecule has 1 saturated carbocycles. The van der Waals surface area contributed by atoms with Crippen molar-refractivity contribution in [3.05, 3.63) is 66.3 Å².